The number of carbonyl (C=O) groups is 1. The van der Waals surface area contributed by atoms with Crippen LogP contribution < -0.4 is 5.32 Å². The molecule has 2 heterocycles. The highest BCUT2D eigenvalue weighted by Gasteiger charge is 2.32. The van der Waals surface area contributed by atoms with E-state index in [1.165, 1.54) is 0 Å². The van der Waals surface area contributed by atoms with E-state index in [0.717, 1.165) is 58.1 Å². The van der Waals surface area contributed by atoms with E-state index in [9.17, 15) is 4.79 Å². The molecule has 2 rings (SSSR count). The number of rotatable bonds is 7. The molecule has 0 radical (unpaired) electrons. The van der Waals surface area contributed by atoms with Crippen LogP contribution in [0, 0.1) is 0 Å². The molecule has 0 aromatic rings. The fraction of sp³-hybridized carbons (Fsp3) is 0.889. The maximum atomic E-state index is 12.1. The third-order valence-electron chi connectivity index (χ3n) is 4.81. The second-order valence-electron chi connectivity index (χ2n) is 6.46. The maximum absolute atomic E-state index is 12.1. The molecule has 0 spiro atoms. The largest absolute Gasteiger partial charge is 0.375 e. The van der Waals surface area contributed by atoms with E-state index in [0.29, 0.717) is 19.6 Å². The summed E-state index contributed by atoms with van der Waals surface area (Å²) < 4.78 is 11.7. The highest BCUT2D eigenvalue weighted by atomic mass is 127. The monoisotopic (exact) mass is 482 g/mol. The van der Waals surface area contributed by atoms with Gasteiger partial charge in [-0.2, -0.15) is 0 Å². The van der Waals surface area contributed by atoms with Gasteiger partial charge in [-0.15, -0.1) is 24.0 Å². The normalized spacial score (nSPS) is 23.5. The summed E-state index contributed by atoms with van der Waals surface area (Å²) in [5, 5.41) is 3.35. The summed E-state index contributed by atoms with van der Waals surface area (Å²) in [7, 11) is 0. The molecule has 26 heavy (non-hydrogen) atoms. The zero-order valence-corrected chi connectivity index (χ0v) is 18.7. The Kier molecular flexibility index (Phi) is 11.5. The van der Waals surface area contributed by atoms with Gasteiger partial charge in [-0.25, -0.2) is 0 Å². The smallest absolute Gasteiger partial charge is 0.224 e. The van der Waals surface area contributed by atoms with Crippen LogP contribution in [0.15, 0.2) is 4.99 Å². The Morgan fingerprint density at radius 3 is 2.54 bits per heavy atom. The van der Waals surface area contributed by atoms with Crippen LogP contribution in [-0.2, 0) is 14.3 Å². The van der Waals surface area contributed by atoms with Crippen molar-refractivity contribution in [2.24, 2.45) is 4.99 Å². The molecule has 0 aromatic heterocycles. The van der Waals surface area contributed by atoms with Gasteiger partial charge in [0.15, 0.2) is 5.96 Å². The number of nitrogens with zero attached hydrogens (tertiary/aromatic N) is 3. The van der Waals surface area contributed by atoms with Crippen LogP contribution in [0.1, 0.15) is 40.0 Å². The number of nitrogens with one attached hydrogen (secondary N) is 1. The molecule has 1 amide bonds. The topological polar surface area (TPSA) is 66.4 Å². The number of hydrogen-bond acceptors (Lipinski definition) is 4. The van der Waals surface area contributed by atoms with E-state index < -0.39 is 0 Å². The fourth-order valence-corrected chi connectivity index (χ4v) is 3.41. The van der Waals surface area contributed by atoms with Gasteiger partial charge in [-0.3, -0.25) is 9.79 Å². The molecule has 2 unspecified atom stereocenters. The number of halogens is 1. The summed E-state index contributed by atoms with van der Waals surface area (Å²) in [6.07, 6.45) is 2.96. The van der Waals surface area contributed by atoms with Crippen molar-refractivity contribution in [2.75, 3.05) is 52.5 Å². The minimum atomic E-state index is 0. The predicted octanol–water partition coefficient (Wildman–Crippen LogP) is 1.71. The van der Waals surface area contributed by atoms with Crippen molar-refractivity contribution < 1.29 is 14.3 Å². The second-order valence-corrected chi connectivity index (χ2v) is 6.46. The maximum Gasteiger partial charge on any atom is 0.224 e. The Morgan fingerprint density at radius 2 is 1.92 bits per heavy atom. The predicted molar refractivity (Wildman–Crippen MR) is 114 cm³/mol. The van der Waals surface area contributed by atoms with E-state index in [1.54, 1.807) is 0 Å². The van der Waals surface area contributed by atoms with Gasteiger partial charge in [-0.1, -0.05) is 0 Å². The highest BCUT2D eigenvalue weighted by Crippen LogP contribution is 2.21. The second kappa shape index (κ2) is 12.7. The first-order chi connectivity index (χ1) is 12.2. The Labute approximate surface area is 174 Å². The van der Waals surface area contributed by atoms with Crippen LogP contribution in [0.2, 0.25) is 0 Å². The number of aliphatic imine (C=N–C) groups is 1. The van der Waals surface area contributed by atoms with Crippen LogP contribution in [-0.4, -0.2) is 86.4 Å². The zero-order valence-electron chi connectivity index (χ0n) is 16.4. The van der Waals surface area contributed by atoms with Gasteiger partial charge in [0.1, 0.15) is 6.10 Å². The van der Waals surface area contributed by atoms with Crippen molar-refractivity contribution in [1.29, 1.82) is 0 Å². The van der Waals surface area contributed by atoms with E-state index in [1.807, 2.05) is 18.7 Å². The fourth-order valence-electron chi connectivity index (χ4n) is 3.41. The van der Waals surface area contributed by atoms with Gasteiger partial charge in [-0.05, 0) is 33.6 Å². The first kappa shape index (κ1) is 23.4. The Bertz CT molecular complexity index is 440. The van der Waals surface area contributed by atoms with Crippen molar-refractivity contribution in [3.8, 4) is 0 Å². The van der Waals surface area contributed by atoms with Crippen LogP contribution in [0.25, 0.3) is 0 Å². The lowest BCUT2D eigenvalue weighted by atomic mass is 10.1. The number of amides is 1. The quantitative estimate of drug-likeness (QED) is 0.340. The molecule has 2 fully saturated rings. The highest BCUT2D eigenvalue weighted by molar-refractivity contribution is 14.0. The minimum Gasteiger partial charge on any atom is -0.375 e. The Hall–Kier alpha value is -0.610. The van der Waals surface area contributed by atoms with Crippen molar-refractivity contribution in [3.05, 3.63) is 0 Å². The first-order valence-corrected chi connectivity index (χ1v) is 9.73. The average Bonchev–Trinajstić information content (AvgIpc) is 3.17. The molecule has 1 N–H and O–H groups in total. The summed E-state index contributed by atoms with van der Waals surface area (Å²) in [6, 6.07) is 0. The van der Waals surface area contributed by atoms with Crippen LogP contribution in [0.3, 0.4) is 0 Å². The van der Waals surface area contributed by atoms with Crippen molar-refractivity contribution in [1.82, 2.24) is 15.1 Å². The average molecular weight is 482 g/mol. The molecule has 0 bridgehead atoms. The van der Waals surface area contributed by atoms with E-state index in [2.05, 4.69) is 22.1 Å². The van der Waals surface area contributed by atoms with E-state index >= 15 is 0 Å². The van der Waals surface area contributed by atoms with Gasteiger partial charge in [0, 0.05) is 45.8 Å². The van der Waals surface area contributed by atoms with Gasteiger partial charge >= 0.3 is 0 Å². The lowest BCUT2D eigenvalue weighted by molar-refractivity contribution is -0.130. The SMILES string of the molecule is CCNC(=NCCC(=O)N(CC)CC)N1CCOC(C2CCCO2)C1.I. The van der Waals surface area contributed by atoms with Crippen molar-refractivity contribution >= 4 is 35.8 Å². The number of carbonyl (C=O) groups excluding carboxylic acids is 1. The van der Waals surface area contributed by atoms with Gasteiger partial charge < -0.3 is 24.6 Å². The van der Waals surface area contributed by atoms with Gasteiger partial charge in [0.25, 0.3) is 0 Å². The Morgan fingerprint density at radius 1 is 1.19 bits per heavy atom. The summed E-state index contributed by atoms with van der Waals surface area (Å²) in [5.41, 5.74) is 0. The third kappa shape index (κ3) is 6.84. The minimum absolute atomic E-state index is 0. The molecule has 152 valence electrons. The van der Waals surface area contributed by atoms with Gasteiger partial charge in [0.05, 0.1) is 19.3 Å². The summed E-state index contributed by atoms with van der Waals surface area (Å²) in [4.78, 5) is 20.9. The molecule has 0 aliphatic carbocycles. The third-order valence-corrected chi connectivity index (χ3v) is 4.81. The number of hydrogen-bond donors (Lipinski definition) is 1. The molecule has 2 aliphatic heterocycles. The molecule has 7 nitrogen and oxygen atoms in total. The summed E-state index contributed by atoms with van der Waals surface area (Å²) in [5.74, 6) is 1.05. The summed E-state index contributed by atoms with van der Waals surface area (Å²) >= 11 is 0. The molecule has 2 saturated heterocycles. The molecule has 2 atom stereocenters. The van der Waals surface area contributed by atoms with Crippen molar-refractivity contribution in [3.63, 3.8) is 0 Å². The van der Waals surface area contributed by atoms with Crippen LogP contribution >= 0.6 is 24.0 Å². The van der Waals surface area contributed by atoms with Crippen LogP contribution in [0.5, 0.6) is 0 Å². The molecular weight excluding hydrogens is 447 g/mol. The summed E-state index contributed by atoms with van der Waals surface area (Å²) in [6.45, 7) is 12.1. The zero-order chi connectivity index (χ0) is 18.1. The van der Waals surface area contributed by atoms with Gasteiger partial charge in [0.2, 0.25) is 5.91 Å². The number of morpholine rings is 1. The molecule has 8 heteroatoms. The number of guanidine groups is 1. The standard InChI is InChI=1S/C18H34N4O3.HI/c1-4-19-18(20-10-9-17(23)21(5-2)6-3)22-11-13-25-16(14-22)15-8-7-12-24-15;/h15-16H,4-14H2,1-3H3,(H,19,20);1H. The molecule has 0 aromatic carbocycles. The van der Waals surface area contributed by atoms with E-state index in [-0.39, 0.29) is 42.1 Å². The first-order valence-electron chi connectivity index (χ1n) is 9.73. The van der Waals surface area contributed by atoms with E-state index in [4.69, 9.17) is 9.47 Å². The molecule has 2 aliphatic rings. The van der Waals surface area contributed by atoms with Crippen molar-refractivity contribution in [2.45, 2.75) is 52.2 Å². The molecule has 0 saturated carbocycles. The molecular formula is C18H35IN4O3. The lowest BCUT2D eigenvalue weighted by Gasteiger charge is -2.37. The lowest BCUT2D eigenvalue weighted by Crippen LogP contribution is -2.53. The van der Waals surface area contributed by atoms with Crippen LogP contribution in [0.4, 0.5) is 0 Å². The number of ether oxygens (including phenoxy) is 2. The Balaban J connectivity index is 0.00000338.